The third-order valence-corrected chi connectivity index (χ3v) is 3.07. The molecular weight excluding hydrogens is 294 g/mol. The maximum atomic E-state index is 12.2. The predicted octanol–water partition coefficient (Wildman–Crippen LogP) is -0.312. The van der Waals surface area contributed by atoms with E-state index in [-0.39, 0.29) is 17.7 Å². The summed E-state index contributed by atoms with van der Waals surface area (Å²) in [5.74, 6) is -2.27. The van der Waals surface area contributed by atoms with Gasteiger partial charge in [-0.25, -0.2) is 0 Å². The Hall–Kier alpha value is -2.81. The molecule has 0 aromatic heterocycles. The molecule has 3 amide bonds. The zero-order valence-corrected chi connectivity index (χ0v) is 11.6. The minimum atomic E-state index is -0.875. The molecule has 9 nitrogen and oxygen atoms in total. The first kappa shape index (κ1) is 15.6. The van der Waals surface area contributed by atoms with Crippen molar-refractivity contribution in [3.63, 3.8) is 0 Å². The van der Waals surface area contributed by atoms with Crippen LogP contribution in [0.15, 0.2) is 18.2 Å². The summed E-state index contributed by atoms with van der Waals surface area (Å²) in [5.41, 5.74) is -0.869. The van der Waals surface area contributed by atoms with Gasteiger partial charge in [0.2, 0.25) is 5.91 Å². The lowest BCUT2D eigenvalue weighted by atomic mass is 10.1. The number of benzene rings is 1. The first-order valence-corrected chi connectivity index (χ1v) is 6.41. The van der Waals surface area contributed by atoms with E-state index in [1.54, 1.807) is 0 Å². The molecular formula is C13H13N3O6. The molecule has 0 radical (unpaired) electrons. The first-order chi connectivity index (χ1) is 10.3. The van der Waals surface area contributed by atoms with Crippen LogP contribution in [-0.2, 0) is 4.79 Å². The van der Waals surface area contributed by atoms with Crippen molar-refractivity contribution in [2.24, 2.45) is 0 Å². The molecule has 0 aliphatic carbocycles. The molecule has 2 N–H and O–H groups in total. The maximum Gasteiger partial charge on any atom is 0.282 e. The normalized spacial score (nSPS) is 14.7. The Bertz CT molecular complexity index is 670. The van der Waals surface area contributed by atoms with Crippen LogP contribution < -0.4 is 5.32 Å². The molecule has 0 fully saturated rings. The summed E-state index contributed by atoms with van der Waals surface area (Å²) in [6.07, 6.45) is -0.771. The Morgan fingerprint density at radius 3 is 2.68 bits per heavy atom. The molecule has 22 heavy (non-hydrogen) atoms. The molecule has 2 rings (SSSR count). The summed E-state index contributed by atoms with van der Waals surface area (Å²) in [4.78, 5) is 46.8. The number of aliphatic hydroxyl groups excluding tert-OH is 1. The zero-order chi connectivity index (χ0) is 16.4. The molecule has 116 valence electrons. The van der Waals surface area contributed by atoms with Crippen molar-refractivity contribution in [2.45, 2.75) is 13.0 Å². The fourth-order valence-corrected chi connectivity index (χ4v) is 2.07. The highest BCUT2D eigenvalue weighted by Crippen LogP contribution is 2.30. The Morgan fingerprint density at radius 1 is 1.41 bits per heavy atom. The van der Waals surface area contributed by atoms with Gasteiger partial charge in [0.1, 0.15) is 12.1 Å². The molecule has 1 unspecified atom stereocenters. The third kappa shape index (κ3) is 2.79. The number of nitro benzene ring substituents is 1. The molecule has 1 aliphatic rings. The highest BCUT2D eigenvalue weighted by atomic mass is 16.6. The maximum absolute atomic E-state index is 12.2. The average Bonchev–Trinajstić information content (AvgIpc) is 2.70. The van der Waals surface area contributed by atoms with Gasteiger partial charge < -0.3 is 10.4 Å². The van der Waals surface area contributed by atoms with Gasteiger partial charge in [0.15, 0.2) is 0 Å². The lowest BCUT2D eigenvalue weighted by Crippen LogP contribution is -2.42. The summed E-state index contributed by atoms with van der Waals surface area (Å²) in [7, 11) is 0. The quantitative estimate of drug-likeness (QED) is 0.436. The minimum Gasteiger partial charge on any atom is -0.392 e. The van der Waals surface area contributed by atoms with Gasteiger partial charge >= 0.3 is 0 Å². The second kappa shape index (κ2) is 5.90. The number of carbonyl (C=O) groups is 3. The monoisotopic (exact) mass is 307 g/mol. The van der Waals surface area contributed by atoms with Gasteiger partial charge in [-0.1, -0.05) is 6.07 Å². The van der Waals surface area contributed by atoms with Crippen molar-refractivity contribution < 1.29 is 24.4 Å². The average molecular weight is 307 g/mol. The lowest BCUT2D eigenvalue weighted by Gasteiger charge is -2.14. The van der Waals surface area contributed by atoms with Crippen molar-refractivity contribution in [1.82, 2.24) is 10.2 Å². The Morgan fingerprint density at radius 2 is 2.09 bits per heavy atom. The zero-order valence-electron chi connectivity index (χ0n) is 11.6. The van der Waals surface area contributed by atoms with Crippen molar-refractivity contribution in [2.75, 3.05) is 13.1 Å². The molecule has 9 heteroatoms. The number of fused-ring (bicyclic) bond motifs is 1. The molecule has 1 atom stereocenters. The number of rotatable bonds is 5. The number of nitrogens with zero attached hydrogens (tertiary/aromatic N) is 2. The summed E-state index contributed by atoms with van der Waals surface area (Å²) < 4.78 is 0. The number of aliphatic hydroxyl groups is 1. The van der Waals surface area contributed by atoms with E-state index in [0.717, 1.165) is 6.07 Å². The Balaban J connectivity index is 2.23. The van der Waals surface area contributed by atoms with E-state index in [1.807, 2.05) is 0 Å². The minimum absolute atomic E-state index is 0.0256. The van der Waals surface area contributed by atoms with E-state index in [9.17, 15) is 24.5 Å². The SMILES string of the molecule is CC(O)CNC(=O)CN1C(=O)c2cccc([N+](=O)[O-])c2C1=O. The van der Waals surface area contributed by atoms with Crippen molar-refractivity contribution >= 4 is 23.4 Å². The smallest absolute Gasteiger partial charge is 0.282 e. The van der Waals surface area contributed by atoms with E-state index in [0.29, 0.717) is 4.90 Å². The number of amides is 3. The fourth-order valence-electron chi connectivity index (χ4n) is 2.07. The van der Waals surface area contributed by atoms with Crippen molar-refractivity contribution in [1.29, 1.82) is 0 Å². The molecule has 0 spiro atoms. The highest BCUT2D eigenvalue weighted by Gasteiger charge is 2.41. The Kier molecular flexibility index (Phi) is 4.18. The van der Waals surface area contributed by atoms with Gasteiger partial charge in [0.25, 0.3) is 17.5 Å². The van der Waals surface area contributed by atoms with Crippen LogP contribution in [-0.4, -0.2) is 51.8 Å². The van der Waals surface area contributed by atoms with Gasteiger partial charge in [-0.2, -0.15) is 0 Å². The van der Waals surface area contributed by atoms with Gasteiger partial charge in [0.05, 0.1) is 16.6 Å². The van der Waals surface area contributed by atoms with E-state index >= 15 is 0 Å². The molecule has 0 bridgehead atoms. The number of hydrogen-bond donors (Lipinski definition) is 2. The van der Waals surface area contributed by atoms with Crippen LogP contribution in [0.2, 0.25) is 0 Å². The van der Waals surface area contributed by atoms with Crippen LogP contribution in [0.1, 0.15) is 27.6 Å². The summed E-state index contributed by atoms with van der Waals surface area (Å²) >= 11 is 0. The molecule has 1 heterocycles. The second-order valence-corrected chi connectivity index (χ2v) is 4.81. The third-order valence-electron chi connectivity index (χ3n) is 3.07. The molecule has 0 saturated carbocycles. The predicted molar refractivity (Wildman–Crippen MR) is 73.2 cm³/mol. The summed E-state index contributed by atoms with van der Waals surface area (Å²) in [5, 5.41) is 22.3. The highest BCUT2D eigenvalue weighted by molar-refractivity contribution is 6.24. The lowest BCUT2D eigenvalue weighted by molar-refractivity contribution is -0.385. The first-order valence-electron chi connectivity index (χ1n) is 6.41. The van der Waals surface area contributed by atoms with E-state index in [2.05, 4.69) is 5.32 Å². The van der Waals surface area contributed by atoms with Crippen LogP contribution >= 0.6 is 0 Å². The van der Waals surface area contributed by atoms with E-state index < -0.39 is 41.0 Å². The van der Waals surface area contributed by atoms with Gasteiger partial charge in [0, 0.05) is 12.6 Å². The molecule has 0 saturated heterocycles. The van der Waals surface area contributed by atoms with Crippen LogP contribution in [0.3, 0.4) is 0 Å². The largest absolute Gasteiger partial charge is 0.392 e. The number of imide groups is 1. The van der Waals surface area contributed by atoms with E-state index in [4.69, 9.17) is 5.11 Å². The van der Waals surface area contributed by atoms with E-state index in [1.165, 1.54) is 19.1 Å². The number of nitro groups is 1. The topological polar surface area (TPSA) is 130 Å². The summed E-state index contributed by atoms with van der Waals surface area (Å²) in [6, 6.07) is 3.73. The van der Waals surface area contributed by atoms with Crippen molar-refractivity contribution in [3.05, 3.63) is 39.4 Å². The van der Waals surface area contributed by atoms with Crippen LogP contribution in [0.4, 0.5) is 5.69 Å². The van der Waals surface area contributed by atoms with Gasteiger partial charge in [-0.05, 0) is 13.0 Å². The number of hydrogen-bond acceptors (Lipinski definition) is 6. The number of nitrogens with one attached hydrogen (secondary N) is 1. The standard InChI is InChI=1S/C13H13N3O6/c1-7(17)5-14-10(18)6-15-12(19)8-3-2-4-9(16(21)22)11(8)13(15)20/h2-4,7,17H,5-6H2,1H3,(H,14,18). The van der Waals surface area contributed by atoms with Crippen LogP contribution in [0.5, 0.6) is 0 Å². The second-order valence-electron chi connectivity index (χ2n) is 4.81. The molecule has 1 aromatic rings. The summed E-state index contributed by atoms with van der Waals surface area (Å²) in [6.45, 7) is 0.879. The number of carbonyl (C=O) groups excluding carboxylic acids is 3. The molecule has 1 aromatic carbocycles. The molecule has 1 aliphatic heterocycles. The Labute approximate surface area is 124 Å². The van der Waals surface area contributed by atoms with Crippen molar-refractivity contribution in [3.8, 4) is 0 Å². The fraction of sp³-hybridized carbons (Fsp3) is 0.308. The van der Waals surface area contributed by atoms with Crippen LogP contribution in [0, 0.1) is 10.1 Å². The van der Waals surface area contributed by atoms with Crippen LogP contribution in [0.25, 0.3) is 0 Å². The van der Waals surface area contributed by atoms with Gasteiger partial charge in [-0.3, -0.25) is 29.4 Å². The van der Waals surface area contributed by atoms with Gasteiger partial charge in [-0.15, -0.1) is 0 Å².